The Labute approximate surface area is 73.4 Å². The molecule has 3 heteroatoms. The number of nitrogens with zero attached hydrogens (tertiary/aromatic N) is 1. The fourth-order valence-electron chi connectivity index (χ4n) is 1.55. The zero-order valence-corrected chi connectivity index (χ0v) is 7.67. The summed E-state index contributed by atoms with van der Waals surface area (Å²) in [5, 5.41) is 21.0. The largest absolute Gasteiger partial charge is 0.392 e. The fraction of sp³-hybridized carbons (Fsp3) is 0.889. The van der Waals surface area contributed by atoms with Gasteiger partial charge in [0.25, 0.3) is 0 Å². The summed E-state index contributed by atoms with van der Waals surface area (Å²) in [5.74, 6) is 0. The molecule has 68 valence electrons. The van der Waals surface area contributed by atoms with Crippen LogP contribution in [0.25, 0.3) is 0 Å². The summed E-state index contributed by atoms with van der Waals surface area (Å²) in [7, 11) is 0. The molecule has 0 bridgehead atoms. The fourth-order valence-corrected chi connectivity index (χ4v) is 1.55. The van der Waals surface area contributed by atoms with Crippen LogP contribution in [-0.2, 0) is 0 Å². The summed E-state index contributed by atoms with van der Waals surface area (Å²) in [6.07, 6.45) is 1.18. The maximum atomic E-state index is 9.40. The Kier molecular flexibility index (Phi) is 2.71. The van der Waals surface area contributed by atoms with Crippen molar-refractivity contribution >= 4 is 0 Å². The van der Waals surface area contributed by atoms with Crippen LogP contribution in [0.15, 0.2) is 0 Å². The molecule has 0 spiro atoms. The molecule has 3 nitrogen and oxygen atoms in total. The summed E-state index contributed by atoms with van der Waals surface area (Å²) >= 11 is 0. The Morgan fingerprint density at radius 2 is 2.33 bits per heavy atom. The molecule has 0 radical (unpaired) electrons. The molecule has 2 unspecified atom stereocenters. The molecule has 0 amide bonds. The van der Waals surface area contributed by atoms with Gasteiger partial charge in [0.1, 0.15) is 0 Å². The molecule has 0 heterocycles. The van der Waals surface area contributed by atoms with Crippen LogP contribution >= 0.6 is 0 Å². The number of aliphatic hydroxyl groups is 1. The summed E-state index contributed by atoms with van der Waals surface area (Å²) in [4.78, 5) is 0. The number of rotatable bonds is 3. The second-order valence-corrected chi connectivity index (χ2v) is 3.99. The first kappa shape index (κ1) is 9.50. The molecular formula is C9H16N2O. The van der Waals surface area contributed by atoms with Crippen LogP contribution in [0.4, 0.5) is 0 Å². The van der Waals surface area contributed by atoms with Crippen molar-refractivity contribution < 1.29 is 5.11 Å². The van der Waals surface area contributed by atoms with Crippen molar-refractivity contribution in [3.63, 3.8) is 0 Å². The Bertz CT molecular complexity index is 195. The van der Waals surface area contributed by atoms with E-state index in [1.807, 2.05) is 13.8 Å². The third-order valence-corrected chi connectivity index (χ3v) is 2.84. The van der Waals surface area contributed by atoms with E-state index in [0.717, 1.165) is 13.0 Å². The third-order valence-electron chi connectivity index (χ3n) is 2.84. The van der Waals surface area contributed by atoms with Gasteiger partial charge in [-0.1, -0.05) is 13.8 Å². The van der Waals surface area contributed by atoms with Crippen LogP contribution in [-0.4, -0.2) is 23.8 Å². The number of aliphatic hydroxyl groups excluding tert-OH is 1. The van der Waals surface area contributed by atoms with Gasteiger partial charge < -0.3 is 10.4 Å². The summed E-state index contributed by atoms with van der Waals surface area (Å²) in [6.45, 7) is 4.83. The third kappa shape index (κ3) is 1.60. The first-order valence-corrected chi connectivity index (χ1v) is 4.37. The smallest absolute Gasteiger partial charge is 0.0635 e. The van der Waals surface area contributed by atoms with Gasteiger partial charge >= 0.3 is 0 Å². The highest BCUT2D eigenvalue weighted by atomic mass is 16.3. The molecule has 0 aromatic rings. The summed E-state index contributed by atoms with van der Waals surface area (Å²) in [5.41, 5.74) is -0.0184. The Balaban J connectivity index is 2.24. The molecule has 2 N–H and O–H groups in total. The lowest BCUT2D eigenvalue weighted by Gasteiger charge is -2.49. The number of hydrogen-bond donors (Lipinski definition) is 2. The minimum absolute atomic E-state index is 0.0184. The molecule has 1 saturated carbocycles. The highest BCUT2D eigenvalue weighted by Crippen LogP contribution is 2.40. The second-order valence-electron chi connectivity index (χ2n) is 3.99. The Morgan fingerprint density at radius 3 is 2.75 bits per heavy atom. The van der Waals surface area contributed by atoms with E-state index in [2.05, 4.69) is 11.4 Å². The van der Waals surface area contributed by atoms with Crippen molar-refractivity contribution in [3.8, 4) is 6.07 Å². The van der Waals surface area contributed by atoms with Crippen LogP contribution < -0.4 is 5.32 Å². The highest BCUT2D eigenvalue weighted by molar-refractivity contribution is 5.01. The molecule has 0 aromatic heterocycles. The minimum Gasteiger partial charge on any atom is -0.392 e. The van der Waals surface area contributed by atoms with Crippen LogP contribution in [0, 0.1) is 16.7 Å². The van der Waals surface area contributed by atoms with E-state index in [4.69, 9.17) is 5.26 Å². The number of nitrogens with one attached hydrogen (secondary N) is 1. The quantitative estimate of drug-likeness (QED) is 0.608. The van der Waals surface area contributed by atoms with Crippen LogP contribution in [0.2, 0.25) is 0 Å². The molecule has 2 atom stereocenters. The number of nitriles is 1. The van der Waals surface area contributed by atoms with Crippen molar-refractivity contribution in [3.05, 3.63) is 0 Å². The van der Waals surface area contributed by atoms with Crippen LogP contribution in [0.5, 0.6) is 0 Å². The van der Waals surface area contributed by atoms with Crippen molar-refractivity contribution in [2.75, 3.05) is 6.54 Å². The summed E-state index contributed by atoms with van der Waals surface area (Å²) in [6, 6.07) is 2.46. The first-order valence-electron chi connectivity index (χ1n) is 4.37. The van der Waals surface area contributed by atoms with Crippen LogP contribution in [0.1, 0.15) is 26.7 Å². The highest BCUT2D eigenvalue weighted by Gasteiger charge is 2.46. The monoisotopic (exact) mass is 168 g/mol. The lowest BCUT2D eigenvalue weighted by molar-refractivity contribution is -0.0720. The average molecular weight is 168 g/mol. The molecule has 12 heavy (non-hydrogen) atoms. The van der Waals surface area contributed by atoms with E-state index in [1.165, 1.54) is 0 Å². The standard InChI is InChI=1S/C9H16N2O/c1-9(2)7(6-8(9)12)11-5-3-4-10/h7-8,11-12H,3,5-6H2,1-2H3. The van der Waals surface area contributed by atoms with E-state index >= 15 is 0 Å². The van der Waals surface area contributed by atoms with E-state index in [0.29, 0.717) is 12.5 Å². The van der Waals surface area contributed by atoms with E-state index < -0.39 is 0 Å². The number of hydrogen-bond acceptors (Lipinski definition) is 3. The molecule has 0 saturated heterocycles. The van der Waals surface area contributed by atoms with Gasteiger partial charge in [-0.05, 0) is 6.42 Å². The van der Waals surface area contributed by atoms with Gasteiger partial charge in [0.05, 0.1) is 12.2 Å². The SMILES string of the molecule is CC1(C)C(O)CC1NCCC#N. The van der Waals surface area contributed by atoms with E-state index in [9.17, 15) is 5.11 Å². The first-order chi connectivity index (χ1) is 5.59. The predicted octanol–water partition coefficient (Wildman–Crippen LogP) is 0.649. The molecule has 1 aliphatic carbocycles. The molecule has 1 fully saturated rings. The van der Waals surface area contributed by atoms with Gasteiger partial charge in [-0.15, -0.1) is 0 Å². The maximum absolute atomic E-state index is 9.40. The lowest BCUT2D eigenvalue weighted by Crippen LogP contribution is -2.60. The maximum Gasteiger partial charge on any atom is 0.0635 e. The molecule has 1 rings (SSSR count). The normalized spacial score (nSPS) is 32.2. The zero-order valence-electron chi connectivity index (χ0n) is 7.67. The predicted molar refractivity (Wildman–Crippen MR) is 46.4 cm³/mol. The molecule has 1 aliphatic rings. The Morgan fingerprint density at radius 1 is 1.67 bits per heavy atom. The zero-order chi connectivity index (χ0) is 9.19. The van der Waals surface area contributed by atoms with Gasteiger partial charge in [-0.25, -0.2) is 0 Å². The van der Waals surface area contributed by atoms with Crippen molar-refractivity contribution in [2.45, 2.75) is 38.8 Å². The van der Waals surface area contributed by atoms with Crippen molar-refractivity contribution in [1.29, 1.82) is 5.26 Å². The van der Waals surface area contributed by atoms with E-state index in [1.54, 1.807) is 0 Å². The van der Waals surface area contributed by atoms with Crippen molar-refractivity contribution in [2.24, 2.45) is 5.41 Å². The second kappa shape index (κ2) is 3.42. The van der Waals surface area contributed by atoms with Gasteiger partial charge in [0, 0.05) is 24.4 Å². The van der Waals surface area contributed by atoms with E-state index in [-0.39, 0.29) is 11.5 Å². The van der Waals surface area contributed by atoms with Crippen LogP contribution in [0.3, 0.4) is 0 Å². The summed E-state index contributed by atoms with van der Waals surface area (Å²) < 4.78 is 0. The van der Waals surface area contributed by atoms with Gasteiger partial charge in [-0.3, -0.25) is 0 Å². The van der Waals surface area contributed by atoms with Crippen molar-refractivity contribution in [1.82, 2.24) is 5.32 Å². The minimum atomic E-state index is -0.183. The lowest BCUT2D eigenvalue weighted by atomic mass is 9.64. The van der Waals surface area contributed by atoms with Gasteiger partial charge in [-0.2, -0.15) is 5.26 Å². The molecular weight excluding hydrogens is 152 g/mol. The topological polar surface area (TPSA) is 56.0 Å². The Hall–Kier alpha value is -0.590. The average Bonchev–Trinajstić information content (AvgIpc) is 2.04. The molecule has 0 aliphatic heterocycles. The molecule has 0 aromatic carbocycles. The van der Waals surface area contributed by atoms with Gasteiger partial charge in [0.2, 0.25) is 0 Å². The van der Waals surface area contributed by atoms with Gasteiger partial charge in [0.15, 0.2) is 0 Å².